The van der Waals surface area contributed by atoms with Gasteiger partial charge in [0, 0.05) is 68.0 Å². The van der Waals surface area contributed by atoms with Gasteiger partial charge >= 0.3 is 0 Å². The maximum atomic E-state index is 4.60. The van der Waals surface area contributed by atoms with Crippen LogP contribution in [0.15, 0.2) is 200 Å². The number of allylic oxidation sites excluding steroid dienone is 5. The Bertz CT molecular complexity index is 2940. The number of benzene rings is 7. The average molecular weight is 907 g/mol. The van der Waals surface area contributed by atoms with Gasteiger partial charge in [0.15, 0.2) is 0 Å². The molecule has 0 bridgehead atoms. The molecule has 69 heavy (non-hydrogen) atoms. The molecule has 1 unspecified atom stereocenters. The summed E-state index contributed by atoms with van der Waals surface area (Å²) in [6.07, 6.45) is 7.19. The molecule has 0 spiro atoms. The van der Waals surface area contributed by atoms with Crippen LogP contribution in [-0.4, -0.2) is 0 Å². The van der Waals surface area contributed by atoms with E-state index in [2.05, 4.69) is 280 Å². The molecule has 350 valence electrons. The minimum absolute atomic E-state index is 0.239. The highest BCUT2D eigenvalue weighted by Crippen LogP contribution is 2.59. The number of fused-ring (bicyclic) bond motifs is 1. The van der Waals surface area contributed by atoms with Gasteiger partial charge in [0.2, 0.25) is 0 Å². The smallest absolute Gasteiger partial charge is 0.0522 e. The van der Waals surface area contributed by atoms with Gasteiger partial charge in [-0.25, -0.2) is 0 Å². The van der Waals surface area contributed by atoms with E-state index in [1.165, 1.54) is 44.5 Å². The summed E-state index contributed by atoms with van der Waals surface area (Å²) in [7, 11) is 0. The second kappa shape index (κ2) is 19.4. The van der Waals surface area contributed by atoms with Crippen LogP contribution in [0.25, 0.3) is 0 Å². The Hall–Kier alpha value is -7.30. The van der Waals surface area contributed by atoms with E-state index in [0.717, 1.165) is 74.7 Å². The molecule has 1 aliphatic rings. The number of hydrogen-bond acceptors (Lipinski definition) is 4. The Balaban J connectivity index is 1.49. The fraction of sp³-hybridized carbons (Fsp3) is 0.231. The molecule has 0 aliphatic heterocycles. The fourth-order valence-electron chi connectivity index (χ4n) is 10.4. The normalized spacial score (nSPS) is 15.4. The zero-order chi connectivity index (χ0) is 49.4. The third-order valence-corrected chi connectivity index (χ3v) is 14.3. The van der Waals surface area contributed by atoms with E-state index in [-0.39, 0.29) is 5.41 Å². The Kier molecular flexibility index (Phi) is 13.5. The highest BCUT2D eigenvalue weighted by atomic mass is 15.2. The summed E-state index contributed by atoms with van der Waals surface area (Å²) in [6.45, 7) is 35.7. The van der Waals surface area contributed by atoms with Crippen molar-refractivity contribution in [2.24, 2.45) is 0 Å². The van der Waals surface area contributed by atoms with E-state index >= 15 is 0 Å². The molecule has 4 heteroatoms. The van der Waals surface area contributed by atoms with E-state index in [1.807, 2.05) is 6.08 Å². The van der Waals surface area contributed by atoms with E-state index in [0.29, 0.717) is 0 Å². The zero-order valence-corrected chi connectivity index (χ0v) is 43.1. The van der Waals surface area contributed by atoms with Crippen molar-refractivity contribution in [3.05, 3.63) is 245 Å². The van der Waals surface area contributed by atoms with Gasteiger partial charge in [-0.1, -0.05) is 135 Å². The van der Waals surface area contributed by atoms with Crippen molar-refractivity contribution in [2.75, 3.05) is 19.6 Å². The van der Waals surface area contributed by atoms with Gasteiger partial charge < -0.3 is 19.6 Å². The van der Waals surface area contributed by atoms with Crippen molar-refractivity contribution in [1.29, 1.82) is 0 Å². The van der Waals surface area contributed by atoms with Crippen LogP contribution in [0, 0.1) is 34.6 Å². The minimum Gasteiger partial charge on any atom is -0.315 e. The van der Waals surface area contributed by atoms with Crippen LogP contribution in [0.2, 0.25) is 0 Å². The molecule has 0 aromatic heterocycles. The first-order valence-corrected chi connectivity index (χ1v) is 24.4. The van der Waals surface area contributed by atoms with Crippen LogP contribution in [0.4, 0.5) is 51.2 Å². The summed E-state index contributed by atoms with van der Waals surface area (Å²) in [5.41, 5.74) is 22.2. The Labute approximate surface area is 413 Å². The van der Waals surface area contributed by atoms with Crippen LogP contribution in [-0.2, 0) is 10.8 Å². The molecule has 0 fully saturated rings. The minimum atomic E-state index is -0.482. The Morgan fingerprint density at radius 1 is 0.464 bits per heavy atom. The maximum Gasteiger partial charge on any atom is 0.0522 e. The van der Waals surface area contributed by atoms with Crippen LogP contribution >= 0.6 is 0 Å². The van der Waals surface area contributed by atoms with Crippen LogP contribution in [0.5, 0.6) is 0 Å². The van der Waals surface area contributed by atoms with Gasteiger partial charge in [-0.3, -0.25) is 0 Å². The van der Waals surface area contributed by atoms with Crippen molar-refractivity contribution in [1.82, 2.24) is 0 Å². The first-order chi connectivity index (χ1) is 33.0. The van der Waals surface area contributed by atoms with Crippen LogP contribution < -0.4 is 19.6 Å². The van der Waals surface area contributed by atoms with Gasteiger partial charge in [0.25, 0.3) is 0 Å². The zero-order valence-electron chi connectivity index (χ0n) is 43.1. The summed E-state index contributed by atoms with van der Waals surface area (Å²) >= 11 is 0. The number of aryl methyl sites for hydroxylation is 5. The predicted molar refractivity (Wildman–Crippen MR) is 299 cm³/mol. The van der Waals surface area contributed by atoms with Gasteiger partial charge in [0.05, 0.1) is 5.69 Å². The lowest BCUT2D eigenvalue weighted by Crippen LogP contribution is -2.27. The van der Waals surface area contributed by atoms with E-state index in [4.69, 9.17) is 0 Å². The second-order valence-corrected chi connectivity index (χ2v) is 20.1. The van der Waals surface area contributed by atoms with Gasteiger partial charge in [0.1, 0.15) is 0 Å². The Morgan fingerprint density at radius 3 is 1.26 bits per heavy atom. The lowest BCUT2D eigenvalue weighted by molar-refractivity contribution is 0.425. The van der Waals surface area contributed by atoms with Crippen LogP contribution in [0.3, 0.4) is 0 Å². The van der Waals surface area contributed by atoms with Crippen molar-refractivity contribution in [3.8, 4) is 0 Å². The molecule has 0 saturated heterocycles. The highest BCUT2D eigenvalue weighted by molar-refractivity contribution is 5.86. The number of rotatable bonds is 14. The molecule has 0 amide bonds. The molecule has 0 radical (unpaired) electrons. The molecule has 0 saturated carbocycles. The van der Waals surface area contributed by atoms with E-state index in [9.17, 15) is 0 Å². The molecule has 7 aromatic rings. The summed E-state index contributed by atoms with van der Waals surface area (Å²) in [5.74, 6) is 0. The molecule has 0 heterocycles. The van der Waals surface area contributed by atoms with Gasteiger partial charge in [-0.05, 0) is 188 Å². The average Bonchev–Trinajstić information content (AvgIpc) is 3.56. The van der Waals surface area contributed by atoms with Crippen molar-refractivity contribution in [3.63, 3.8) is 0 Å². The predicted octanol–water partition coefficient (Wildman–Crippen LogP) is 18.6. The summed E-state index contributed by atoms with van der Waals surface area (Å²) < 4.78 is 0. The summed E-state index contributed by atoms with van der Waals surface area (Å²) in [5, 5.41) is 0. The standard InChI is InChI=1S/C65H70N4/c1-15-49(9)66(53-28-18-44(4)19-29-53)58-38-52(39-59(40-58)67(50(10)16-2)54-30-20-45(5)21-31-54)65(14)43-64(12,13)61-41-60(69(56-34-24-47(7)25-35-56)57-36-26-48(8)27-37-57)42-62(63(61)65)68(51(11)17-3)55-32-22-46(6)23-33-55/h15-42H,1,9,43H2,2-8,10-14H3/b50-16+,51-17+. The Morgan fingerprint density at radius 2 is 0.841 bits per heavy atom. The SMILES string of the molecule is C=CC(=C)N(c1ccc(C)cc1)c1cc(N(/C(C)=C/C)c2ccc(C)cc2)cc(C2(C)CC(C)(C)c3cc(N(c4ccc(C)cc4)c4ccc(C)cc4)cc(N(/C(C)=C/C)c4ccc(C)cc4)c32)c1. The topological polar surface area (TPSA) is 13.0 Å². The third kappa shape index (κ3) is 9.46. The largest absolute Gasteiger partial charge is 0.315 e. The fourth-order valence-corrected chi connectivity index (χ4v) is 10.4. The lowest BCUT2D eigenvalue weighted by atomic mass is 9.74. The number of hydrogen-bond donors (Lipinski definition) is 0. The van der Waals surface area contributed by atoms with E-state index in [1.54, 1.807) is 0 Å². The molecule has 4 nitrogen and oxygen atoms in total. The highest BCUT2D eigenvalue weighted by Gasteiger charge is 2.49. The monoisotopic (exact) mass is 907 g/mol. The number of nitrogens with zero attached hydrogens (tertiary/aromatic N) is 4. The number of anilines is 9. The molecule has 1 atom stereocenters. The van der Waals surface area contributed by atoms with Gasteiger partial charge in [-0.15, -0.1) is 0 Å². The quantitative estimate of drug-likeness (QED) is 0.101. The van der Waals surface area contributed by atoms with Crippen molar-refractivity contribution >= 4 is 51.2 Å². The molecule has 0 N–H and O–H groups in total. The second-order valence-electron chi connectivity index (χ2n) is 20.1. The molecule has 7 aromatic carbocycles. The first-order valence-electron chi connectivity index (χ1n) is 24.4. The summed E-state index contributed by atoms with van der Waals surface area (Å²) in [4.78, 5) is 9.59. The summed E-state index contributed by atoms with van der Waals surface area (Å²) in [6, 6.07) is 56.6. The van der Waals surface area contributed by atoms with Crippen LogP contribution in [0.1, 0.15) is 99.4 Å². The molecular formula is C65H70N4. The van der Waals surface area contributed by atoms with Crippen molar-refractivity contribution in [2.45, 2.75) is 100 Å². The third-order valence-electron chi connectivity index (χ3n) is 14.3. The molecular weight excluding hydrogens is 837 g/mol. The molecule has 8 rings (SSSR count). The molecule has 1 aliphatic carbocycles. The lowest BCUT2D eigenvalue weighted by Gasteiger charge is -2.37. The maximum absolute atomic E-state index is 4.60. The van der Waals surface area contributed by atoms with Crippen molar-refractivity contribution < 1.29 is 0 Å². The van der Waals surface area contributed by atoms with Gasteiger partial charge in [-0.2, -0.15) is 0 Å². The first kappa shape index (κ1) is 48.2. The van der Waals surface area contributed by atoms with E-state index < -0.39 is 5.41 Å².